The third kappa shape index (κ3) is 5.62. The lowest BCUT2D eigenvalue weighted by Gasteiger charge is -2.37. The van der Waals surface area contributed by atoms with Crippen molar-refractivity contribution in [3.05, 3.63) is 74.0 Å². The van der Waals surface area contributed by atoms with Gasteiger partial charge in [-0.2, -0.15) is 0 Å². The van der Waals surface area contributed by atoms with Crippen LogP contribution in [0.15, 0.2) is 35.4 Å². The molecule has 0 unspecified atom stereocenters. The van der Waals surface area contributed by atoms with Gasteiger partial charge in [-0.1, -0.05) is 30.9 Å². The van der Waals surface area contributed by atoms with Crippen LogP contribution in [0, 0.1) is 20.8 Å². The molecule has 2 heterocycles. The van der Waals surface area contributed by atoms with Crippen molar-refractivity contribution in [1.82, 2.24) is 20.3 Å². The number of nitrogens with zero attached hydrogens (tertiary/aromatic N) is 3. The first-order valence-electron chi connectivity index (χ1n) is 12.6. The highest BCUT2D eigenvalue weighted by molar-refractivity contribution is 6.30. The van der Waals surface area contributed by atoms with E-state index in [-0.39, 0.29) is 23.0 Å². The van der Waals surface area contributed by atoms with Crippen molar-refractivity contribution in [2.45, 2.75) is 72.4 Å². The Bertz CT molecular complexity index is 1300. The Kier molecular flexibility index (Phi) is 8.09. The van der Waals surface area contributed by atoms with Gasteiger partial charge in [0.1, 0.15) is 5.15 Å². The van der Waals surface area contributed by atoms with Gasteiger partial charge < -0.3 is 15.2 Å². The van der Waals surface area contributed by atoms with Gasteiger partial charge in [0.25, 0.3) is 5.91 Å². The second kappa shape index (κ2) is 11.2. The van der Waals surface area contributed by atoms with E-state index in [9.17, 15) is 9.59 Å². The number of H-pyrrole nitrogens is 1. The van der Waals surface area contributed by atoms with Gasteiger partial charge in [-0.25, -0.2) is 0 Å². The number of aromatic nitrogens is 3. The fourth-order valence-corrected chi connectivity index (χ4v) is 5.35. The third-order valence-corrected chi connectivity index (χ3v) is 7.33. The van der Waals surface area contributed by atoms with E-state index >= 15 is 0 Å². The van der Waals surface area contributed by atoms with Crippen molar-refractivity contribution < 1.29 is 4.79 Å². The smallest absolute Gasteiger partial charge is 0.251 e. The van der Waals surface area contributed by atoms with Crippen molar-refractivity contribution in [2.24, 2.45) is 0 Å². The summed E-state index contributed by atoms with van der Waals surface area (Å²) in [5, 5.41) is 3.16. The number of anilines is 1. The summed E-state index contributed by atoms with van der Waals surface area (Å²) in [6.45, 7) is 8.71. The molecular formula is C28H34ClN5O2. The molecule has 8 heteroatoms. The molecule has 4 rings (SSSR count). The molecule has 1 aromatic carbocycles. The number of hydrogen-bond donors (Lipinski definition) is 2. The Labute approximate surface area is 217 Å². The van der Waals surface area contributed by atoms with Crippen molar-refractivity contribution in [3.8, 4) is 11.3 Å². The average Bonchev–Trinajstić information content (AvgIpc) is 2.86. The molecule has 1 amide bonds. The highest BCUT2D eigenvalue weighted by Crippen LogP contribution is 2.34. The lowest BCUT2D eigenvalue weighted by atomic mass is 9.92. The first kappa shape index (κ1) is 25.9. The summed E-state index contributed by atoms with van der Waals surface area (Å²) in [6.07, 6.45) is 9.51. The van der Waals surface area contributed by atoms with E-state index in [0.29, 0.717) is 28.6 Å². The minimum absolute atomic E-state index is 0.0384. The first-order chi connectivity index (χ1) is 17.3. The highest BCUT2D eigenvalue weighted by atomic mass is 35.5. The first-order valence-corrected chi connectivity index (χ1v) is 13.0. The fraction of sp³-hybridized carbons (Fsp3) is 0.429. The zero-order valence-corrected chi connectivity index (χ0v) is 22.2. The molecule has 0 radical (unpaired) electrons. The van der Waals surface area contributed by atoms with E-state index in [4.69, 9.17) is 11.6 Å². The average molecular weight is 508 g/mol. The molecule has 0 saturated heterocycles. The summed E-state index contributed by atoms with van der Waals surface area (Å²) >= 11 is 6.26. The Morgan fingerprint density at radius 2 is 1.86 bits per heavy atom. The fourth-order valence-electron chi connectivity index (χ4n) is 5.05. The normalized spacial score (nSPS) is 14.0. The summed E-state index contributed by atoms with van der Waals surface area (Å²) in [6, 6.07) is 5.92. The Morgan fingerprint density at radius 1 is 1.11 bits per heavy atom. The molecule has 0 bridgehead atoms. The molecule has 0 aliphatic heterocycles. The largest absolute Gasteiger partial charge is 0.369 e. The number of nitrogens with one attached hydrogen (secondary N) is 2. The lowest BCUT2D eigenvalue weighted by molar-refractivity contribution is 0.0950. The van der Waals surface area contributed by atoms with Crippen LogP contribution in [0.1, 0.15) is 71.9 Å². The van der Waals surface area contributed by atoms with Crippen molar-refractivity contribution in [2.75, 3.05) is 11.4 Å². The molecule has 1 aliphatic rings. The number of aromatic amines is 1. The number of aryl methyl sites for hydroxylation is 2. The van der Waals surface area contributed by atoms with Gasteiger partial charge in [0.2, 0.25) is 0 Å². The molecular weight excluding hydrogens is 474 g/mol. The second-order valence-electron chi connectivity index (χ2n) is 9.58. The molecule has 1 saturated carbocycles. The minimum atomic E-state index is -0.258. The highest BCUT2D eigenvalue weighted by Gasteiger charge is 2.25. The monoisotopic (exact) mass is 507 g/mol. The Hall–Kier alpha value is -3.19. The number of halogens is 1. The van der Waals surface area contributed by atoms with Crippen LogP contribution < -0.4 is 15.6 Å². The number of carbonyl (C=O) groups is 1. The zero-order valence-electron chi connectivity index (χ0n) is 21.4. The summed E-state index contributed by atoms with van der Waals surface area (Å²) < 4.78 is 0. The van der Waals surface area contributed by atoms with Crippen LogP contribution in [0.2, 0.25) is 5.15 Å². The van der Waals surface area contributed by atoms with E-state index in [1.807, 2.05) is 19.9 Å². The van der Waals surface area contributed by atoms with Gasteiger partial charge in [-0.05, 0) is 58.2 Å². The molecule has 1 fully saturated rings. The van der Waals surface area contributed by atoms with Crippen LogP contribution in [0.4, 0.5) is 5.69 Å². The molecule has 3 aromatic rings. The van der Waals surface area contributed by atoms with Gasteiger partial charge in [-0.15, -0.1) is 0 Å². The maximum atomic E-state index is 13.5. The maximum Gasteiger partial charge on any atom is 0.251 e. The number of hydrogen-bond acceptors (Lipinski definition) is 5. The maximum absolute atomic E-state index is 13.5. The SMILES string of the molecule is CCN(c1cc(-c2cnc(C)cn2)cc(C(=O)NCc2c(Cl)[nH]c(C)cc2=O)c1C)C1CCCCC1. The number of carbonyl (C=O) groups excluding carboxylic acids is 1. The predicted octanol–water partition coefficient (Wildman–Crippen LogP) is 5.50. The van der Waals surface area contributed by atoms with Crippen molar-refractivity contribution in [1.29, 1.82) is 0 Å². The molecule has 190 valence electrons. The molecule has 2 N–H and O–H groups in total. The minimum Gasteiger partial charge on any atom is -0.369 e. The standard InChI is InChI=1S/C28H34ClN5O2/c1-5-34(21-9-7-6-8-10-21)25-13-20(24-16-30-18(3)14-31-24)12-22(19(25)4)28(36)32-15-23-26(35)11-17(2)33-27(23)29/h11-14,16,21H,5-10,15H2,1-4H3,(H,32,36)(H,33,35). The topological polar surface area (TPSA) is 91.0 Å². The summed E-state index contributed by atoms with van der Waals surface area (Å²) in [5.41, 5.74) is 5.71. The summed E-state index contributed by atoms with van der Waals surface area (Å²) in [4.78, 5) is 40.3. The van der Waals surface area contributed by atoms with E-state index < -0.39 is 0 Å². The van der Waals surface area contributed by atoms with E-state index in [1.165, 1.54) is 25.3 Å². The number of amides is 1. The van der Waals surface area contributed by atoms with Gasteiger partial charge in [0, 0.05) is 53.9 Å². The van der Waals surface area contributed by atoms with Crippen LogP contribution >= 0.6 is 11.6 Å². The van der Waals surface area contributed by atoms with Gasteiger partial charge in [0.05, 0.1) is 23.1 Å². The molecule has 0 spiro atoms. The van der Waals surface area contributed by atoms with Crippen molar-refractivity contribution in [3.63, 3.8) is 0 Å². The van der Waals surface area contributed by atoms with Crippen LogP contribution in [0.5, 0.6) is 0 Å². The van der Waals surface area contributed by atoms with Gasteiger partial charge in [-0.3, -0.25) is 19.6 Å². The van der Waals surface area contributed by atoms with Gasteiger partial charge >= 0.3 is 0 Å². The molecule has 2 aromatic heterocycles. The Morgan fingerprint density at radius 3 is 2.50 bits per heavy atom. The molecule has 1 aliphatic carbocycles. The predicted molar refractivity (Wildman–Crippen MR) is 145 cm³/mol. The molecule has 36 heavy (non-hydrogen) atoms. The molecule has 0 atom stereocenters. The summed E-state index contributed by atoms with van der Waals surface area (Å²) in [5.74, 6) is -0.258. The summed E-state index contributed by atoms with van der Waals surface area (Å²) in [7, 11) is 0. The zero-order chi connectivity index (χ0) is 25.8. The van der Waals surface area contributed by atoms with Crippen molar-refractivity contribution >= 4 is 23.2 Å². The van der Waals surface area contributed by atoms with Crippen LogP contribution in [-0.4, -0.2) is 33.4 Å². The quantitative estimate of drug-likeness (QED) is 0.412. The third-order valence-electron chi connectivity index (χ3n) is 7.01. The van der Waals surface area contributed by atoms with Crippen LogP contribution in [-0.2, 0) is 6.54 Å². The molecule has 7 nitrogen and oxygen atoms in total. The van der Waals surface area contributed by atoms with Gasteiger partial charge in [0.15, 0.2) is 5.43 Å². The lowest BCUT2D eigenvalue weighted by Crippen LogP contribution is -2.37. The van der Waals surface area contributed by atoms with Crippen LogP contribution in [0.3, 0.4) is 0 Å². The second-order valence-corrected chi connectivity index (χ2v) is 9.96. The number of pyridine rings is 1. The number of benzene rings is 1. The number of rotatable bonds is 7. The van der Waals surface area contributed by atoms with E-state index in [2.05, 4.69) is 38.2 Å². The van der Waals surface area contributed by atoms with E-state index in [0.717, 1.165) is 41.9 Å². The van der Waals surface area contributed by atoms with E-state index in [1.54, 1.807) is 19.3 Å². The van der Waals surface area contributed by atoms with Crippen LogP contribution in [0.25, 0.3) is 11.3 Å². The Balaban J connectivity index is 1.73.